The summed E-state index contributed by atoms with van der Waals surface area (Å²) in [5.41, 5.74) is 20.2. The number of anilines is 2. The highest BCUT2D eigenvalue weighted by molar-refractivity contribution is 5.70. The Bertz CT molecular complexity index is 1140. The molecule has 0 aromatic heterocycles. The van der Waals surface area contributed by atoms with Crippen molar-refractivity contribution in [2.45, 2.75) is 39.2 Å². The molecule has 0 radical (unpaired) electrons. The van der Waals surface area contributed by atoms with E-state index in [9.17, 15) is 0 Å². The van der Waals surface area contributed by atoms with E-state index in [1.807, 2.05) is 24.3 Å². The molecule has 4 rings (SSSR count). The zero-order chi connectivity index (χ0) is 23.0. The van der Waals surface area contributed by atoms with E-state index in [0.29, 0.717) is 18.0 Å². The van der Waals surface area contributed by atoms with Crippen LogP contribution in [0.15, 0.2) is 91.0 Å². The predicted octanol–water partition coefficient (Wildman–Crippen LogP) is 7.50. The van der Waals surface area contributed by atoms with Gasteiger partial charge in [-0.15, -0.1) is 0 Å². The van der Waals surface area contributed by atoms with Gasteiger partial charge in [-0.1, -0.05) is 80.4 Å². The molecule has 0 bridgehead atoms. The molecular formula is C30H32N2O. The third-order valence-corrected chi connectivity index (χ3v) is 5.87. The molecule has 0 atom stereocenters. The van der Waals surface area contributed by atoms with Gasteiger partial charge in [0.15, 0.2) is 0 Å². The molecule has 3 heteroatoms. The van der Waals surface area contributed by atoms with Gasteiger partial charge in [0.2, 0.25) is 0 Å². The van der Waals surface area contributed by atoms with Crippen molar-refractivity contribution < 1.29 is 4.74 Å². The summed E-state index contributed by atoms with van der Waals surface area (Å²) in [6, 6.07) is 31.4. The molecule has 0 fully saturated rings. The van der Waals surface area contributed by atoms with Gasteiger partial charge in [-0.2, -0.15) is 0 Å². The first kappa shape index (κ1) is 22.5. The van der Waals surface area contributed by atoms with Crippen LogP contribution in [0.3, 0.4) is 0 Å². The average Bonchev–Trinajstić information content (AvgIpc) is 2.83. The van der Waals surface area contributed by atoms with Crippen LogP contribution in [0.1, 0.15) is 37.3 Å². The summed E-state index contributed by atoms with van der Waals surface area (Å²) >= 11 is 0. The number of hydrogen-bond acceptors (Lipinski definition) is 3. The second kappa shape index (κ2) is 10.7. The molecule has 0 heterocycles. The number of rotatable bonds is 9. The Morgan fingerprint density at radius 1 is 0.576 bits per heavy atom. The van der Waals surface area contributed by atoms with Crippen molar-refractivity contribution in [1.29, 1.82) is 0 Å². The lowest BCUT2D eigenvalue weighted by molar-refractivity contribution is 0.306. The lowest BCUT2D eigenvalue weighted by atomic mass is 9.98. The highest BCUT2D eigenvalue weighted by Crippen LogP contribution is 2.27. The molecule has 33 heavy (non-hydrogen) atoms. The molecule has 0 unspecified atom stereocenters. The summed E-state index contributed by atoms with van der Waals surface area (Å²) in [6.07, 6.45) is 5.00. The molecule has 0 spiro atoms. The SMILES string of the molecule is CCCCCc1ccc(-c2ccc(-c3ccc(OCc4cc(N)cc(N)c4)cc3)cc2)cc1. The fourth-order valence-electron chi connectivity index (χ4n) is 4.04. The van der Waals surface area contributed by atoms with Crippen molar-refractivity contribution in [3.05, 3.63) is 102 Å². The second-order valence-electron chi connectivity index (χ2n) is 8.55. The van der Waals surface area contributed by atoms with Gasteiger partial charge < -0.3 is 16.2 Å². The first-order valence-corrected chi connectivity index (χ1v) is 11.7. The lowest BCUT2D eigenvalue weighted by Gasteiger charge is -2.10. The van der Waals surface area contributed by atoms with Crippen LogP contribution in [0.2, 0.25) is 0 Å². The normalized spacial score (nSPS) is 10.8. The number of unbranched alkanes of at least 4 members (excludes halogenated alkanes) is 2. The van der Waals surface area contributed by atoms with Crippen molar-refractivity contribution in [1.82, 2.24) is 0 Å². The van der Waals surface area contributed by atoms with Crippen molar-refractivity contribution in [2.75, 3.05) is 11.5 Å². The van der Waals surface area contributed by atoms with Crippen LogP contribution in [0.25, 0.3) is 22.3 Å². The third-order valence-electron chi connectivity index (χ3n) is 5.87. The van der Waals surface area contributed by atoms with Gasteiger partial charge in [-0.05, 0) is 76.6 Å². The van der Waals surface area contributed by atoms with Gasteiger partial charge in [-0.3, -0.25) is 0 Å². The first-order valence-electron chi connectivity index (χ1n) is 11.7. The molecule has 168 valence electrons. The fraction of sp³-hybridized carbons (Fsp3) is 0.200. The molecule has 0 aliphatic heterocycles. The van der Waals surface area contributed by atoms with Crippen LogP contribution in [0.5, 0.6) is 5.75 Å². The Labute approximate surface area is 197 Å². The predicted molar refractivity (Wildman–Crippen MR) is 140 cm³/mol. The first-order chi connectivity index (χ1) is 16.1. The zero-order valence-corrected chi connectivity index (χ0v) is 19.3. The Hall–Kier alpha value is -3.72. The van der Waals surface area contributed by atoms with Gasteiger partial charge in [0.25, 0.3) is 0 Å². The third kappa shape index (κ3) is 6.17. The minimum Gasteiger partial charge on any atom is -0.489 e. The Kier molecular flexibility index (Phi) is 7.31. The minimum atomic E-state index is 0.431. The number of aryl methyl sites for hydroxylation is 1. The summed E-state index contributed by atoms with van der Waals surface area (Å²) in [5.74, 6) is 0.815. The van der Waals surface area contributed by atoms with Crippen molar-refractivity contribution in [2.24, 2.45) is 0 Å². The lowest BCUT2D eigenvalue weighted by Crippen LogP contribution is -1.98. The van der Waals surface area contributed by atoms with Crippen LogP contribution >= 0.6 is 0 Å². The standard InChI is InChI=1S/C30H32N2O/c1-2-3-4-5-22-6-8-24(9-7-22)25-10-12-26(13-11-25)27-14-16-30(17-15-27)33-21-23-18-28(31)20-29(32)19-23/h6-20H,2-5,21,31-32H2,1H3. The largest absolute Gasteiger partial charge is 0.489 e. The minimum absolute atomic E-state index is 0.431. The number of benzene rings is 4. The van der Waals surface area contributed by atoms with E-state index in [0.717, 1.165) is 16.9 Å². The maximum atomic E-state index is 5.90. The molecule has 0 aliphatic rings. The van der Waals surface area contributed by atoms with Crippen molar-refractivity contribution >= 4 is 11.4 Å². The Balaban J connectivity index is 1.37. The zero-order valence-electron chi connectivity index (χ0n) is 19.3. The molecule has 0 amide bonds. The summed E-state index contributed by atoms with van der Waals surface area (Å²) < 4.78 is 5.90. The van der Waals surface area contributed by atoms with Crippen LogP contribution in [0, 0.1) is 0 Å². The monoisotopic (exact) mass is 436 g/mol. The summed E-state index contributed by atoms with van der Waals surface area (Å²) in [7, 11) is 0. The van der Waals surface area contributed by atoms with Crippen LogP contribution in [-0.2, 0) is 13.0 Å². The van der Waals surface area contributed by atoms with E-state index < -0.39 is 0 Å². The summed E-state index contributed by atoms with van der Waals surface area (Å²) in [6.45, 7) is 2.68. The quantitative estimate of drug-likeness (QED) is 0.211. The van der Waals surface area contributed by atoms with Crippen LogP contribution in [0.4, 0.5) is 11.4 Å². The van der Waals surface area contributed by atoms with Crippen LogP contribution in [-0.4, -0.2) is 0 Å². The number of ether oxygens (including phenoxy) is 1. The Morgan fingerprint density at radius 2 is 1.06 bits per heavy atom. The number of nitrogens with two attached hydrogens (primary N) is 2. The van der Waals surface area contributed by atoms with E-state index >= 15 is 0 Å². The average molecular weight is 437 g/mol. The highest BCUT2D eigenvalue weighted by atomic mass is 16.5. The van der Waals surface area contributed by atoms with Crippen LogP contribution < -0.4 is 16.2 Å². The van der Waals surface area contributed by atoms with Gasteiger partial charge >= 0.3 is 0 Å². The van der Waals surface area contributed by atoms with Gasteiger partial charge in [0.1, 0.15) is 12.4 Å². The van der Waals surface area contributed by atoms with E-state index in [1.54, 1.807) is 6.07 Å². The highest BCUT2D eigenvalue weighted by Gasteiger charge is 2.03. The number of hydrogen-bond donors (Lipinski definition) is 2. The summed E-state index contributed by atoms with van der Waals surface area (Å²) in [5, 5.41) is 0. The molecule has 4 aromatic carbocycles. The van der Waals surface area contributed by atoms with E-state index in [2.05, 4.69) is 67.6 Å². The molecule has 0 saturated heterocycles. The molecule has 0 aliphatic carbocycles. The van der Waals surface area contributed by atoms with E-state index in [4.69, 9.17) is 16.2 Å². The molecule has 3 nitrogen and oxygen atoms in total. The van der Waals surface area contributed by atoms with Gasteiger partial charge in [-0.25, -0.2) is 0 Å². The molecule has 4 N–H and O–H groups in total. The molecular weight excluding hydrogens is 404 g/mol. The van der Waals surface area contributed by atoms with Gasteiger partial charge in [0, 0.05) is 11.4 Å². The van der Waals surface area contributed by atoms with Gasteiger partial charge in [0.05, 0.1) is 0 Å². The van der Waals surface area contributed by atoms with E-state index in [1.165, 1.54) is 47.9 Å². The maximum absolute atomic E-state index is 5.90. The van der Waals surface area contributed by atoms with E-state index in [-0.39, 0.29) is 0 Å². The smallest absolute Gasteiger partial charge is 0.119 e. The summed E-state index contributed by atoms with van der Waals surface area (Å²) in [4.78, 5) is 0. The maximum Gasteiger partial charge on any atom is 0.119 e. The molecule has 4 aromatic rings. The fourth-order valence-corrected chi connectivity index (χ4v) is 4.04. The Morgan fingerprint density at radius 3 is 1.58 bits per heavy atom. The topological polar surface area (TPSA) is 61.3 Å². The second-order valence-corrected chi connectivity index (χ2v) is 8.55. The van der Waals surface area contributed by atoms with Crippen molar-refractivity contribution in [3.63, 3.8) is 0 Å². The number of nitrogen functional groups attached to an aromatic ring is 2. The molecule has 0 saturated carbocycles. The van der Waals surface area contributed by atoms with Crippen molar-refractivity contribution in [3.8, 4) is 28.0 Å².